The molecule has 18 heavy (non-hydrogen) atoms. The maximum atomic E-state index is 10.9. The summed E-state index contributed by atoms with van der Waals surface area (Å²) in [5.41, 5.74) is 1.90. The van der Waals surface area contributed by atoms with Crippen LogP contribution in [-0.2, 0) is 4.79 Å². The van der Waals surface area contributed by atoms with Crippen molar-refractivity contribution < 1.29 is 9.90 Å². The van der Waals surface area contributed by atoms with Crippen LogP contribution < -0.4 is 5.32 Å². The summed E-state index contributed by atoms with van der Waals surface area (Å²) in [6.07, 6.45) is 0.154. The van der Waals surface area contributed by atoms with Gasteiger partial charge >= 0.3 is 5.97 Å². The summed E-state index contributed by atoms with van der Waals surface area (Å²) in [6.45, 7) is 1.42. The quantitative estimate of drug-likeness (QED) is 0.778. The van der Waals surface area contributed by atoms with Gasteiger partial charge in [0, 0.05) is 13.1 Å². The lowest BCUT2D eigenvalue weighted by molar-refractivity contribution is -0.138. The fourth-order valence-corrected chi connectivity index (χ4v) is 3.35. The van der Waals surface area contributed by atoms with Crippen LogP contribution in [0.5, 0.6) is 0 Å². The van der Waals surface area contributed by atoms with E-state index in [4.69, 9.17) is 5.11 Å². The zero-order valence-electron chi connectivity index (χ0n) is 9.64. The predicted octanol–water partition coefficient (Wildman–Crippen LogP) is 1.47. The Morgan fingerprint density at radius 2 is 2.22 bits per heavy atom. The first kappa shape index (κ1) is 11.6. The zero-order chi connectivity index (χ0) is 12.6. The van der Waals surface area contributed by atoms with E-state index in [2.05, 4.69) is 15.3 Å². The first-order chi connectivity index (χ1) is 8.67. The Morgan fingerprint density at radius 1 is 1.44 bits per heavy atom. The van der Waals surface area contributed by atoms with E-state index in [0.29, 0.717) is 13.1 Å². The Labute approximate surface area is 108 Å². The van der Waals surface area contributed by atoms with E-state index in [1.165, 1.54) is 11.8 Å². The minimum Gasteiger partial charge on any atom is -0.481 e. The summed E-state index contributed by atoms with van der Waals surface area (Å²) in [7, 11) is 0. The third-order valence-electron chi connectivity index (χ3n) is 3.05. The van der Waals surface area contributed by atoms with Gasteiger partial charge in [0.15, 0.2) is 5.16 Å². The first-order valence-corrected chi connectivity index (χ1v) is 6.55. The molecule has 6 heteroatoms. The molecule has 0 aliphatic carbocycles. The Morgan fingerprint density at radius 3 is 2.83 bits per heavy atom. The fourth-order valence-electron chi connectivity index (χ4n) is 2.10. The highest BCUT2D eigenvalue weighted by Crippen LogP contribution is 2.38. The Bertz CT molecular complexity index is 559. The smallest absolute Gasteiger partial charge is 0.304 e. The number of carbonyl (C=O) groups is 1. The highest BCUT2D eigenvalue weighted by molar-refractivity contribution is 8.00. The van der Waals surface area contributed by atoms with Gasteiger partial charge in [0.2, 0.25) is 0 Å². The van der Waals surface area contributed by atoms with Crippen LogP contribution in [0.1, 0.15) is 6.42 Å². The van der Waals surface area contributed by atoms with Gasteiger partial charge in [0.05, 0.1) is 22.2 Å². The number of carboxylic acid groups (broad SMARTS) is 1. The number of imidazole rings is 1. The number of carboxylic acids is 1. The topological polar surface area (TPSA) is 78.0 Å². The number of aromatic amines is 1. The average molecular weight is 263 g/mol. The van der Waals surface area contributed by atoms with Gasteiger partial charge in [0.1, 0.15) is 0 Å². The molecule has 0 spiro atoms. The van der Waals surface area contributed by atoms with Crippen LogP contribution in [0.15, 0.2) is 29.4 Å². The molecule has 3 rings (SSSR count). The molecule has 1 aromatic carbocycles. The highest BCUT2D eigenvalue weighted by Gasteiger charge is 2.41. The molecule has 3 N–H and O–H groups in total. The number of thioether (sulfide) groups is 1. The van der Waals surface area contributed by atoms with E-state index in [0.717, 1.165) is 16.2 Å². The van der Waals surface area contributed by atoms with Crippen LogP contribution in [0.4, 0.5) is 0 Å². The third kappa shape index (κ3) is 2.09. The molecular weight excluding hydrogens is 250 g/mol. The normalized spacial score (nSPS) is 17.6. The molecule has 1 saturated heterocycles. The predicted molar refractivity (Wildman–Crippen MR) is 69.8 cm³/mol. The van der Waals surface area contributed by atoms with Crippen molar-refractivity contribution in [1.82, 2.24) is 15.3 Å². The second-order valence-electron chi connectivity index (χ2n) is 4.52. The maximum absolute atomic E-state index is 10.9. The highest BCUT2D eigenvalue weighted by atomic mass is 32.2. The lowest BCUT2D eigenvalue weighted by Crippen LogP contribution is -2.58. The van der Waals surface area contributed by atoms with Crippen molar-refractivity contribution in [3.05, 3.63) is 24.3 Å². The molecule has 1 aromatic heterocycles. The van der Waals surface area contributed by atoms with Crippen LogP contribution in [0.2, 0.25) is 0 Å². The van der Waals surface area contributed by atoms with E-state index in [1.54, 1.807) is 0 Å². The van der Waals surface area contributed by atoms with Gasteiger partial charge < -0.3 is 15.4 Å². The van der Waals surface area contributed by atoms with Crippen LogP contribution >= 0.6 is 11.8 Å². The molecule has 0 unspecified atom stereocenters. The number of hydrogen-bond acceptors (Lipinski definition) is 4. The van der Waals surface area contributed by atoms with Crippen molar-refractivity contribution in [2.75, 3.05) is 13.1 Å². The number of benzene rings is 1. The minimum absolute atomic E-state index is 0.154. The van der Waals surface area contributed by atoms with Crippen LogP contribution in [0, 0.1) is 0 Å². The van der Waals surface area contributed by atoms with E-state index in [1.807, 2.05) is 24.3 Å². The summed E-state index contributed by atoms with van der Waals surface area (Å²) in [5, 5.41) is 12.9. The maximum Gasteiger partial charge on any atom is 0.304 e. The molecule has 2 heterocycles. The molecule has 94 valence electrons. The van der Waals surface area contributed by atoms with Gasteiger partial charge in [-0.2, -0.15) is 0 Å². The largest absolute Gasteiger partial charge is 0.481 e. The van der Waals surface area contributed by atoms with Crippen LogP contribution in [0.25, 0.3) is 11.0 Å². The minimum atomic E-state index is -0.764. The van der Waals surface area contributed by atoms with Crippen molar-refractivity contribution in [2.24, 2.45) is 0 Å². The first-order valence-electron chi connectivity index (χ1n) is 5.73. The molecular formula is C12H13N3O2S. The van der Waals surface area contributed by atoms with E-state index in [9.17, 15) is 4.79 Å². The molecule has 0 radical (unpaired) electrons. The van der Waals surface area contributed by atoms with Gasteiger partial charge in [-0.25, -0.2) is 4.98 Å². The van der Waals surface area contributed by atoms with Gasteiger partial charge in [0.25, 0.3) is 0 Å². The van der Waals surface area contributed by atoms with Crippen molar-refractivity contribution in [1.29, 1.82) is 0 Å². The number of nitrogens with zero attached hydrogens (tertiary/aromatic N) is 1. The molecule has 0 amide bonds. The average Bonchev–Trinajstić information content (AvgIpc) is 2.67. The number of aromatic nitrogens is 2. The standard InChI is InChI=1S/C12H13N3O2S/c16-10(17)5-12(6-13-7-12)18-11-14-8-3-1-2-4-9(8)15-11/h1-4,13H,5-7H2,(H,14,15)(H,16,17). The number of aliphatic carboxylic acids is 1. The van der Waals surface area contributed by atoms with Crippen LogP contribution in [0.3, 0.4) is 0 Å². The van der Waals surface area contributed by atoms with Crippen LogP contribution in [-0.4, -0.2) is 38.9 Å². The SMILES string of the molecule is O=C(O)CC1(Sc2nc3ccccc3[nH]2)CNC1. The van der Waals surface area contributed by atoms with Gasteiger partial charge in [-0.15, -0.1) is 0 Å². The molecule has 0 saturated carbocycles. The second-order valence-corrected chi connectivity index (χ2v) is 5.98. The lowest BCUT2D eigenvalue weighted by Gasteiger charge is -2.40. The fraction of sp³-hybridized carbons (Fsp3) is 0.333. The van der Waals surface area contributed by atoms with Gasteiger partial charge in [-0.3, -0.25) is 4.79 Å². The number of para-hydroxylation sites is 2. The third-order valence-corrected chi connectivity index (χ3v) is 4.30. The van der Waals surface area contributed by atoms with E-state index >= 15 is 0 Å². The molecule has 1 fully saturated rings. The molecule has 5 nitrogen and oxygen atoms in total. The Kier molecular flexibility index (Phi) is 2.76. The van der Waals surface area contributed by atoms with Crippen molar-refractivity contribution in [3.63, 3.8) is 0 Å². The monoisotopic (exact) mass is 263 g/mol. The number of fused-ring (bicyclic) bond motifs is 1. The molecule has 2 aromatic rings. The molecule has 1 aliphatic rings. The number of nitrogens with one attached hydrogen (secondary N) is 2. The summed E-state index contributed by atoms with van der Waals surface area (Å²) in [6, 6.07) is 7.80. The second kappa shape index (κ2) is 4.29. The van der Waals surface area contributed by atoms with Gasteiger partial charge in [-0.1, -0.05) is 23.9 Å². The lowest BCUT2D eigenvalue weighted by atomic mass is 9.98. The number of rotatable bonds is 4. The zero-order valence-corrected chi connectivity index (χ0v) is 10.5. The molecule has 0 bridgehead atoms. The Balaban J connectivity index is 1.84. The van der Waals surface area contributed by atoms with Crippen molar-refractivity contribution in [2.45, 2.75) is 16.3 Å². The summed E-state index contributed by atoms with van der Waals surface area (Å²) in [5.74, 6) is -0.764. The van der Waals surface area contributed by atoms with E-state index in [-0.39, 0.29) is 11.2 Å². The number of H-pyrrole nitrogens is 1. The summed E-state index contributed by atoms with van der Waals surface area (Å²) >= 11 is 1.52. The van der Waals surface area contributed by atoms with Crippen molar-refractivity contribution >= 4 is 28.8 Å². The molecule has 1 aliphatic heterocycles. The Hall–Kier alpha value is -1.53. The van der Waals surface area contributed by atoms with Crippen molar-refractivity contribution in [3.8, 4) is 0 Å². The van der Waals surface area contributed by atoms with E-state index < -0.39 is 5.97 Å². The van der Waals surface area contributed by atoms with Gasteiger partial charge in [-0.05, 0) is 12.1 Å². The molecule has 0 atom stereocenters. The summed E-state index contributed by atoms with van der Waals surface area (Å²) < 4.78 is -0.264. The summed E-state index contributed by atoms with van der Waals surface area (Å²) in [4.78, 5) is 18.6. The number of hydrogen-bond donors (Lipinski definition) is 3.